The highest BCUT2D eigenvalue weighted by molar-refractivity contribution is 6.01. The molecule has 1 saturated heterocycles. The van der Waals surface area contributed by atoms with Gasteiger partial charge in [0.05, 0.1) is 24.8 Å². The maximum atomic E-state index is 12.5. The van der Waals surface area contributed by atoms with Gasteiger partial charge in [-0.2, -0.15) is 0 Å². The van der Waals surface area contributed by atoms with Crippen molar-refractivity contribution in [1.29, 1.82) is 0 Å². The van der Waals surface area contributed by atoms with Crippen molar-refractivity contribution in [1.82, 2.24) is 15.2 Å². The van der Waals surface area contributed by atoms with E-state index in [-0.39, 0.29) is 23.7 Å². The molecule has 1 aromatic heterocycles. The fourth-order valence-electron chi connectivity index (χ4n) is 3.91. The lowest BCUT2D eigenvalue weighted by atomic mass is 10.1. The molecule has 0 spiro atoms. The van der Waals surface area contributed by atoms with E-state index in [0.717, 1.165) is 25.2 Å². The highest BCUT2D eigenvalue weighted by atomic mass is 16.5. The summed E-state index contributed by atoms with van der Waals surface area (Å²) in [5, 5.41) is 2.88. The molecule has 2 heterocycles. The largest absolute Gasteiger partial charge is 0.465 e. The summed E-state index contributed by atoms with van der Waals surface area (Å²) in [7, 11) is 1.28. The third kappa shape index (κ3) is 5.16. The molecule has 0 aliphatic carbocycles. The fraction of sp³-hybridized carbons (Fsp3) is 0.435. The van der Waals surface area contributed by atoms with Gasteiger partial charge in [0.15, 0.2) is 5.78 Å². The van der Waals surface area contributed by atoms with Crippen LogP contribution in [0.25, 0.3) is 0 Å². The third-order valence-corrected chi connectivity index (χ3v) is 5.52. The Morgan fingerprint density at radius 3 is 2.33 bits per heavy atom. The molecular formula is C23H29N3O4. The first-order chi connectivity index (χ1) is 14.4. The average molecular weight is 412 g/mol. The maximum Gasteiger partial charge on any atom is 0.339 e. The normalized spacial score (nSPS) is 14.0. The highest BCUT2D eigenvalue weighted by Gasteiger charge is 2.24. The van der Waals surface area contributed by atoms with Crippen molar-refractivity contribution < 1.29 is 19.1 Å². The molecule has 3 rings (SSSR count). The zero-order valence-corrected chi connectivity index (χ0v) is 17.8. The van der Waals surface area contributed by atoms with E-state index >= 15 is 0 Å². The Kier molecular flexibility index (Phi) is 7.05. The third-order valence-electron chi connectivity index (χ3n) is 5.52. The minimum Gasteiger partial charge on any atom is -0.465 e. The summed E-state index contributed by atoms with van der Waals surface area (Å²) in [6, 6.07) is 8.25. The van der Waals surface area contributed by atoms with Crippen LogP contribution in [0.3, 0.4) is 0 Å². The molecule has 1 amide bonds. The molecule has 0 saturated carbocycles. The summed E-state index contributed by atoms with van der Waals surface area (Å²) in [6.07, 6.45) is 2.51. The number of Topliss-reactive ketones (excluding diaryl/α,β-unsaturated/α-hetero) is 1. The number of carbonyl (C=O) groups excluding carboxylic acids is 3. The number of esters is 1. The number of aromatic amines is 1. The van der Waals surface area contributed by atoms with Crippen molar-refractivity contribution in [3.8, 4) is 0 Å². The van der Waals surface area contributed by atoms with Gasteiger partial charge in [-0.1, -0.05) is 24.3 Å². The topological polar surface area (TPSA) is 91.5 Å². The maximum absolute atomic E-state index is 12.5. The second-order valence-corrected chi connectivity index (χ2v) is 7.78. The fourth-order valence-corrected chi connectivity index (χ4v) is 3.91. The van der Waals surface area contributed by atoms with Crippen LogP contribution >= 0.6 is 0 Å². The highest BCUT2D eigenvalue weighted by Crippen LogP contribution is 2.21. The van der Waals surface area contributed by atoms with E-state index in [9.17, 15) is 14.4 Å². The second kappa shape index (κ2) is 9.71. The van der Waals surface area contributed by atoms with Crippen LogP contribution in [0, 0.1) is 6.92 Å². The Morgan fingerprint density at radius 2 is 1.73 bits per heavy atom. The number of ether oxygens (including phenoxy) is 1. The molecule has 0 radical (unpaired) electrons. The summed E-state index contributed by atoms with van der Waals surface area (Å²) >= 11 is 0. The van der Waals surface area contributed by atoms with Crippen molar-refractivity contribution in [2.24, 2.45) is 0 Å². The molecule has 7 nitrogen and oxygen atoms in total. The van der Waals surface area contributed by atoms with Crippen LogP contribution < -0.4 is 5.32 Å². The van der Waals surface area contributed by atoms with Gasteiger partial charge < -0.3 is 15.0 Å². The standard InChI is InChI=1S/C23H29N3O4/c1-15-21(23(29)30-3)19(25-22(15)16(2)27)12-20(28)24-13-17-6-8-18(9-7-17)14-26-10-4-5-11-26/h6-9,25H,4-5,10-14H2,1-3H3,(H,24,28). The van der Waals surface area contributed by atoms with Crippen LogP contribution in [0.4, 0.5) is 0 Å². The number of aromatic nitrogens is 1. The average Bonchev–Trinajstić information content (AvgIpc) is 3.34. The molecular weight excluding hydrogens is 382 g/mol. The minimum atomic E-state index is -0.562. The predicted molar refractivity (Wildman–Crippen MR) is 113 cm³/mol. The quantitative estimate of drug-likeness (QED) is 0.515. The van der Waals surface area contributed by atoms with E-state index in [0.29, 0.717) is 23.5 Å². The van der Waals surface area contributed by atoms with Crippen molar-refractivity contribution in [3.05, 3.63) is 57.9 Å². The van der Waals surface area contributed by atoms with Gasteiger partial charge in [0, 0.05) is 25.7 Å². The molecule has 30 heavy (non-hydrogen) atoms. The Bertz CT molecular complexity index is 925. The van der Waals surface area contributed by atoms with E-state index < -0.39 is 5.97 Å². The molecule has 0 atom stereocenters. The lowest BCUT2D eigenvalue weighted by Gasteiger charge is -2.14. The van der Waals surface area contributed by atoms with E-state index in [1.807, 2.05) is 12.1 Å². The monoisotopic (exact) mass is 411 g/mol. The molecule has 160 valence electrons. The van der Waals surface area contributed by atoms with E-state index in [1.165, 1.54) is 32.4 Å². The van der Waals surface area contributed by atoms with Gasteiger partial charge in [0.1, 0.15) is 0 Å². The number of hydrogen-bond donors (Lipinski definition) is 2. The zero-order valence-electron chi connectivity index (χ0n) is 17.8. The number of H-pyrrole nitrogens is 1. The van der Waals surface area contributed by atoms with Crippen LogP contribution in [0.1, 0.15) is 63.0 Å². The van der Waals surface area contributed by atoms with Crippen LogP contribution in [0.2, 0.25) is 0 Å². The lowest BCUT2D eigenvalue weighted by Crippen LogP contribution is -2.25. The molecule has 1 aromatic carbocycles. The Hall–Kier alpha value is -2.93. The van der Waals surface area contributed by atoms with Gasteiger partial charge >= 0.3 is 5.97 Å². The molecule has 0 bridgehead atoms. The van der Waals surface area contributed by atoms with Crippen LogP contribution in [-0.4, -0.2) is 47.7 Å². The van der Waals surface area contributed by atoms with Crippen LogP contribution in [0.5, 0.6) is 0 Å². The van der Waals surface area contributed by atoms with Crippen molar-refractivity contribution in [2.75, 3.05) is 20.2 Å². The van der Waals surface area contributed by atoms with Gasteiger partial charge in [0.2, 0.25) is 5.91 Å². The van der Waals surface area contributed by atoms with Gasteiger partial charge in [-0.15, -0.1) is 0 Å². The Labute approximate surface area is 176 Å². The summed E-state index contributed by atoms with van der Waals surface area (Å²) in [5.74, 6) is -0.997. The smallest absolute Gasteiger partial charge is 0.339 e. The Morgan fingerprint density at radius 1 is 1.10 bits per heavy atom. The number of benzene rings is 1. The van der Waals surface area contributed by atoms with Crippen molar-refractivity contribution in [3.63, 3.8) is 0 Å². The van der Waals surface area contributed by atoms with Gasteiger partial charge in [-0.3, -0.25) is 14.5 Å². The number of nitrogens with one attached hydrogen (secondary N) is 2. The number of carbonyl (C=O) groups is 3. The molecule has 0 unspecified atom stereocenters. The molecule has 2 N–H and O–H groups in total. The SMILES string of the molecule is COC(=O)c1c(CC(=O)NCc2ccc(CN3CCCC3)cc2)[nH]c(C(C)=O)c1C. The summed E-state index contributed by atoms with van der Waals surface area (Å²) < 4.78 is 4.81. The number of likely N-dealkylation sites (tertiary alicyclic amines) is 1. The van der Waals surface area contributed by atoms with Gasteiger partial charge in [-0.25, -0.2) is 4.79 Å². The van der Waals surface area contributed by atoms with Crippen molar-refractivity contribution >= 4 is 17.7 Å². The van der Waals surface area contributed by atoms with Gasteiger partial charge in [-0.05, 0) is 49.5 Å². The Balaban J connectivity index is 1.60. The number of methoxy groups -OCH3 is 1. The zero-order chi connectivity index (χ0) is 21.7. The first kappa shape index (κ1) is 21.8. The number of nitrogens with zero attached hydrogens (tertiary/aromatic N) is 1. The number of ketones is 1. The summed E-state index contributed by atoms with van der Waals surface area (Å²) in [6.45, 7) is 6.77. The molecule has 1 fully saturated rings. The molecule has 1 aliphatic rings. The first-order valence-corrected chi connectivity index (χ1v) is 10.3. The van der Waals surface area contributed by atoms with Crippen LogP contribution in [0.15, 0.2) is 24.3 Å². The van der Waals surface area contributed by atoms with Crippen molar-refractivity contribution in [2.45, 2.75) is 46.2 Å². The summed E-state index contributed by atoms with van der Waals surface area (Å²) in [4.78, 5) is 41.7. The van der Waals surface area contributed by atoms with E-state index in [1.54, 1.807) is 6.92 Å². The molecule has 7 heteroatoms. The molecule has 1 aliphatic heterocycles. The number of amides is 1. The summed E-state index contributed by atoms with van der Waals surface area (Å²) in [5.41, 5.74) is 3.76. The minimum absolute atomic E-state index is 0.0361. The molecule has 2 aromatic rings. The number of rotatable bonds is 8. The van der Waals surface area contributed by atoms with E-state index in [2.05, 4.69) is 27.3 Å². The first-order valence-electron chi connectivity index (χ1n) is 10.3. The van der Waals surface area contributed by atoms with Gasteiger partial charge in [0.25, 0.3) is 0 Å². The number of hydrogen-bond acceptors (Lipinski definition) is 5. The van der Waals surface area contributed by atoms with Crippen LogP contribution in [-0.2, 0) is 29.0 Å². The predicted octanol–water partition coefficient (Wildman–Crippen LogP) is 2.77. The second-order valence-electron chi connectivity index (χ2n) is 7.78. The van der Waals surface area contributed by atoms with E-state index in [4.69, 9.17) is 4.74 Å². The lowest BCUT2D eigenvalue weighted by molar-refractivity contribution is -0.120.